The topological polar surface area (TPSA) is 80.5 Å². The molecule has 1 saturated heterocycles. The van der Waals surface area contributed by atoms with Crippen LogP contribution in [0.5, 0.6) is 0 Å². The van der Waals surface area contributed by atoms with Gasteiger partial charge >= 0.3 is 0 Å². The molecule has 1 aliphatic heterocycles. The number of morpholine rings is 1. The van der Waals surface area contributed by atoms with Gasteiger partial charge in [0.2, 0.25) is 5.76 Å². The summed E-state index contributed by atoms with van der Waals surface area (Å²) in [6, 6.07) is 11.3. The monoisotopic (exact) mass is 396 g/mol. The van der Waals surface area contributed by atoms with Crippen molar-refractivity contribution in [1.29, 1.82) is 0 Å². The molecule has 0 radical (unpaired) electrons. The molecule has 1 N–H and O–H groups in total. The van der Waals surface area contributed by atoms with Crippen molar-refractivity contribution in [3.63, 3.8) is 0 Å². The van der Waals surface area contributed by atoms with E-state index in [4.69, 9.17) is 9.26 Å². The number of carbonyl (C=O) groups is 1. The minimum absolute atomic E-state index is 0.0176. The Kier molecular flexibility index (Phi) is 5.92. The summed E-state index contributed by atoms with van der Waals surface area (Å²) in [5, 5.41) is 6.84. The molecule has 3 aromatic rings. The highest BCUT2D eigenvalue weighted by Crippen LogP contribution is 2.22. The molecule has 1 amide bonds. The fourth-order valence-electron chi connectivity index (χ4n) is 3.34. The van der Waals surface area contributed by atoms with Gasteiger partial charge in [-0.1, -0.05) is 11.2 Å². The van der Waals surface area contributed by atoms with Crippen molar-refractivity contribution in [2.75, 3.05) is 32.8 Å². The van der Waals surface area contributed by atoms with Gasteiger partial charge in [-0.15, -0.1) is 0 Å². The molecule has 4 rings (SSSR count). The first-order chi connectivity index (χ1) is 14.2. The van der Waals surface area contributed by atoms with E-state index in [9.17, 15) is 9.18 Å². The Labute approximate surface area is 167 Å². The van der Waals surface area contributed by atoms with Gasteiger partial charge < -0.3 is 14.6 Å². The zero-order valence-corrected chi connectivity index (χ0v) is 15.8. The van der Waals surface area contributed by atoms with Crippen LogP contribution in [0, 0.1) is 5.82 Å². The number of hydrogen-bond acceptors (Lipinski definition) is 6. The van der Waals surface area contributed by atoms with Crippen LogP contribution < -0.4 is 5.32 Å². The molecule has 7 nitrogen and oxygen atoms in total. The van der Waals surface area contributed by atoms with Crippen LogP contribution in [0.2, 0.25) is 0 Å². The lowest BCUT2D eigenvalue weighted by atomic mass is 10.1. The normalized spacial score (nSPS) is 15.8. The number of nitrogens with zero attached hydrogens (tertiary/aromatic N) is 3. The van der Waals surface area contributed by atoms with E-state index in [1.165, 1.54) is 12.1 Å². The van der Waals surface area contributed by atoms with E-state index in [2.05, 4.69) is 20.4 Å². The Morgan fingerprint density at radius 1 is 1.21 bits per heavy atom. The van der Waals surface area contributed by atoms with E-state index in [0.29, 0.717) is 31.0 Å². The van der Waals surface area contributed by atoms with Crippen LogP contribution >= 0.6 is 0 Å². The van der Waals surface area contributed by atoms with Crippen LogP contribution in [0.4, 0.5) is 4.39 Å². The summed E-state index contributed by atoms with van der Waals surface area (Å²) < 4.78 is 23.7. The molecule has 1 fully saturated rings. The summed E-state index contributed by atoms with van der Waals surface area (Å²) >= 11 is 0. The molecule has 3 heterocycles. The SMILES string of the molecule is O=C(NC[C@H](c1cccnc1)N1CCOCC1)c1cc(-c2ccc(F)cc2)no1. The van der Waals surface area contributed by atoms with Crippen molar-refractivity contribution >= 4 is 5.91 Å². The fourth-order valence-corrected chi connectivity index (χ4v) is 3.34. The molecule has 1 atom stereocenters. The van der Waals surface area contributed by atoms with Gasteiger partial charge in [-0.3, -0.25) is 14.7 Å². The van der Waals surface area contributed by atoms with Crippen LogP contribution in [0.1, 0.15) is 22.2 Å². The first-order valence-electron chi connectivity index (χ1n) is 9.43. The summed E-state index contributed by atoms with van der Waals surface area (Å²) in [5.74, 6) is -0.580. The van der Waals surface area contributed by atoms with E-state index in [0.717, 1.165) is 18.7 Å². The highest BCUT2D eigenvalue weighted by molar-refractivity contribution is 5.92. The second kappa shape index (κ2) is 8.93. The number of pyridine rings is 1. The Bertz CT molecular complexity index is 940. The van der Waals surface area contributed by atoms with Gasteiger partial charge in [-0.2, -0.15) is 0 Å². The molecule has 29 heavy (non-hydrogen) atoms. The average Bonchev–Trinajstić information content (AvgIpc) is 3.26. The van der Waals surface area contributed by atoms with Crippen molar-refractivity contribution < 1.29 is 18.4 Å². The summed E-state index contributed by atoms with van der Waals surface area (Å²) in [4.78, 5) is 19.1. The van der Waals surface area contributed by atoms with Crippen molar-refractivity contribution in [1.82, 2.24) is 20.4 Å². The maximum Gasteiger partial charge on any atom is 0.289 e. The van der Waals surface area contributed by atoms with E-state index < -0.39 is 0 Å². The van der Waals surface area contributed by atoms with Gasteiger partial charge in [0.05, 0.1) is 19.3 Å². The fraction of sp³-hybridized carbons (Fsp3) is 0.286. The number of hydrogen-bond donors (Lipinski definition) is 1. The van der Waals surface area contributed by atoms with Gasteiger partial charge in [0, 0.05) is 43.7 Å². The second-order valence-electron chi connectivity index (χ2n) is 6.74. The zero-order valence-electron chi connectivity index (χ0n) is 15.8. The van der Waals surface area contributed by atoms with Gasteiger partial charge in [0.1, 0.15) is 11.5 Å². The number of aromatic nitrogens is 2. The molecule has 2 aromatic heterocycles. The molecule has 150 valence electrons. The van der Waals surface area contributed by atoms with Crippen molar-refractivity contribution in [2.24, 2.45) is 0 Å². The highest BCUT2D eigenvalue weighted by atomic mass is 19.1. The van der Waals surface area contributed by atoms with Crippen LogP contribution in [0.3, 0.4) is 0 Å². The van der Waals surface area contributed by atoms with Crippen LogP contribution in [-0.2, 0) is 4.74 Å². The lowest BCUT2D eigenvalue weighted by Gasteiger charge is -2.34. The Balaban J connectivity index is 1.44. The summed E-state index contributed by atoms with van der Waals surface area (Å²) in [7, 11) is 0. The van der Waals surface area contributed by atoms with Crippen LogP contribution in [0.15, 0.2) is 59.4 Å². The highest BCUT2D eigenvalue weighted by Gasteiger charge is 2.24. The summed E-state index contributed by atoms with van der Waals surface area (Å²) in [5.41, 5.74) is 2.18. The molecule has 0 bridgehead atoms. The lowest BCUT2D eigenvalue weighted by molar-refractivity contribution is 0.0161. The first-order valence-corrected chi connectivity index (χ1v) is 9.43. The quantitative estimate of drug-likeness (QED) is 0.690. The van der Waals surface area contributed by atoms with Crippen molar-refractivity contribution in [3.8, 4) is 11.3 Å². The van der Waals surface area contributed by atoms with Crippen molar-refractivity contribution in [2.45, 2.75) is 6.04 Å². The first kappa shape index (κ1) is 19.2. The van der Waals surface area contributed by atoms with Crippen LogP contribution in [-0.4, -0.2) is 53.8 Å². The van der Waals surface area contributed by atoms with Gasteiger partial charge in [-0.05, 0) is 35.9 Å². The average molecular weight is 396 g/mol. The molecule has 1 aliphatic rings. The van der Waals surface area contributed by atoms with Crippen LogP contribution in [0.25, 0.3) is 11.3 Å². The lowest BCUT2D eigenvalue weighted by Crippen LogP contribution is -2.43. The predicted octanol–water partition coefficient (Wildman–Crippen LogP) is 2.68. The largest absolute Gasteiger partial charge is 0.379 e. The molecule has 8 heteroatoms. The smallest absolute Gasteiger partial charge is 0.289 e. The van der Waals surface area contributed by atoms with Gasteiger partial charge in [0.15, 0.2) is 0 Å². The Morgan fingerprint density at radius 3 is 2.72 bits per heavy atom. The number of halogens is 1. The predicted molar refractivity (Wildman–Crippen MR) is 104 cm³/mol. The zero-order chi connectivity index (χ0) is 20.1. The maximum atomic E-state index is 13.1. The number of amides is 1. The molecule has 0 unspecified atom stereocenters. The van der Waals surface area contributed by atoms with E-state index in [1.807, 2.05) is 18.3 Å². The third kappa shape index (κ3) is 4.67. The molecular formula is C21H21FN4O3. The maximum absolute atomic E-state index is 13.1. The van der Waals surface area contributed by atoms with Gasteiger partial charge in [-0.25, -0.2) is 4.39 Å². The second-order valence-corrected chi connectivity index (χ2v) is 6.74. The minimum atomic E-state index is -0.354. The Morgan fingerprint density at radius 2 is 2.00 bits per heavy atom. The summed E-state index contributed by atoms with van der Waals surface area (Å²) in [6.07, 6.45) is 3.54. The van der Waals surface area contributed by atoms with E-state index >= 15 is 0 Å². The molecular weight excluding hydrogens is 375 g/mol. The molecule has 1 aromatic carbocycles. The van der Waals surface area contributed by atoms with E-state index in [1.54, 1.807) is 24.4 Å². The number of ether oxygens (including phenoxy) is 1. The number of carbonyl (C=O) groups excluding carboxylic acids is 1. The number of nitrogens with one attached hydrogen (secondary N) is 1. The summed E-state index contributed by atoms with van der Waals surface area (Å²) in [6.45, 7) is 3.29. The third-order valence-electron chi connectivity index (χ3n) is 4.89. The van der Waals surface area contributed by atoms with Crippen molar-refractivity contribution in [3.05, 3.63) is 72.0 Å². The number of rotatable bonds is 6. The van der Waals surface area contributed by atoms with E-state index in [-0.39, 0.29) is 23.5 Å². The third-order valence-corrected chi connectivity index (χ3v) is 4.89. The molecule has 0 spiro atoms. The minimum Gasteiger partial charge on any atom is -0.379 e. The Hall–Kier alpha value is -3.10. The molecule has 0 aliphatic carbocycles. The number of benzene rings is 1. The standard InChI is InChI=1S/C21H21FN4O3/c22-17-5-3-15(4-6-17)18-12-20(29-25-18)21(27)24-14-19(16-2-1-7-23-13-16)26-8-10-28-11-9-26/h1-7,12-13,19H,8-11,14H2,(H,24,27)/t19-/m1/s1. The van der Waals surface area contributed by atoms with Gasteiger partial charge in [0.25, 0.3) is 5.91 Å². The molecule has 0 saturated carbocycles.